The largest absolute Gasteiger partial charge is 0.383 e. The molecule has 2 fully saturated rings. The number of benzene rings is 1. The monoisotopic (exact) mass is 327 g/mol. The van der Waals surface area contributed by atoms with Gasteiger partial charge in [0.2, 0.25) is 5.91 Å². The molecule has 2 aliphatic rings. The molecule has 3 rings (SSSR count). The first-order chi connectivity index (χ1) is 11.7. The number of nitrogens with one attached hydrogen (secondary N) is 1. The van der Waals surface area contributed by atoms with E-state index in [9.17, 15) is 4.79 Å². The van der Waals surface area contributed by atoms with E-state index < -0.39 is 0 Å². The van der Waals surface area contributed by atoms with Crippen LogP contribution in [0.25, 0.3) is 0 Å². The Labute approximate surface area is 143 Å². The molecule has 1 saturated heterocycles. The quantitative estimate of drug-likeness (QED) is 0.743. The van der Waals surface area contributed by atoms with Crippen molar-refractivity contribution in [2.45, 2.75) is 25.3 Å². The van der Waals surface area contributed by atoms with Crippen LogP contribution in [0.4, 0.5) is 0 Å². The molecule has 0 spiro atoms. The number of ether oxygens (including phenoxy) is 1. The topological polar surface area (TPSA) is 65.4 Å². The van der Waals surface area contributed by atoms with Crippen LogP contribution in [0.15, 0.2) is 24.3 Å². The molecule has 128 valence electrons. The van der Waals surface area contributed by atoms with Crippen molar-refractivity contribution in [2.75, 3.05) is 33.4 Å². The van der Waals surface area contributed by atoms with Crippen LogP contribution >= 0.6 is 0 Å². The molecule has 0 radical (unpaired) electrons. The van der Waals surface area contributed by atoms with Crippen LogP contribution in [0.2, 0.25) is 0 Å². The lowest BCUT2D eigenvalue weighted by Crippen LogP contribution is -2.36. The summed E-state index contributed by atoms with van der Waals surface area (Å²) in [5.74, 6) is 0.956. The third-order valence-electron chi connectivity index (χ3n) is 4.99. The average Bonchev–Trinajstić information content (AvgIpc) is 3.36. The zero-order valence-electron chi connectivity index (χ0n) is 14.2. The summed E-state index contributed by atoms with van der Waals surface area (Å²) in [5, 5.41) is 12.5. The fourth-order valence-electron chi connectivity index (χ4n) is 3.44. The maximum absolute atomic E-state index is 12.8. The lowest BCUT2D eigenvalue weighted by Gasteiger charge is -2.25. The van der Waals surface area contributed by atoms with Gasteiger partial charge in [0.1, 0.15) is 0 Å². The molecular weight excluding hydrogens is 302 g/mol. The van der Waals surface area contributed by atoms with Gasteiger partial charge >= 0.3 is 0 Å². The highest BCUT2D eigenvalue weighted by Crippen LogP contribution is 2.35. The molecular formula is C19H25N3O2. The van der Waals surface area contributed by atoms with Gasteiger partial charge in [-0.1, -0.05) is 12.1 Å². The first-order valence-electron chi connectivity index (χ1n) is 8.74. The SMILES string of the molecule is COCCN[C@@H](c1ccc(C#N)cc1)[C@H]1CCN(CC2CC2)C1=O. The van der Waals surface area contributed by atoms with Crippen LogP contribution in [-0.4, -0.2) is 44.2 Å². The van der Waals surface area contributed by atoms with Crippen molar-refractivity contribution < 1.29 is 9.53 Å². The normalized spacial score (nSPS) is 21.8. The highest BCUT2D eigenvalue weighted by Gasteiger charge is 2.39. The Bertz CT molecular complexity index is 604. The molecule has 24 heavy (non-hydrogen) atoms. The highest BCUT2D eigenvalue weighted by molar-refractivity contribution is 5.82. The minimum Gasteiger partial charge on any atom is -0.383 e. The molecule has 5 heteroatoms. The average molecular weight is 327 g/mol. The number of rotatable bonds is 8. The number of carbonyl (C=O) groups excluding carboxylic acids is 1. The van der Waals surface area contributed by atoms with Gasteiger partial charge in [0.05, 0.1) is 24.2 Å². The number of nitriles is 1. The van der Waals surface area contributed by atoms with Gasteiger partial charge in [-0.2, -0.15) is 5.26 Å². The molecule has 0 bridgehead atoms. The van der Waals surface area contributed by atoms with E-state index in [-0.39, 0.29) is 17.9 Å². The van der Waals surface area contributed by atoms with Crippen LogP contribution in [-0.2, 0) is 9.53 Å². The Morgan fingerprint density at radius 3 is 2.71 bits per heavy atom. The van der Waals surface area contributed by atoms with E-state index in [0.717, 1.165) is 31.0 Å². The van der Waals surface area contributed by atoms with Gasteiger partial charge in [0.25, 0.3) is 0 Å². The molecule has 1 aliphatic carbocycles. The Kier molecular flexibility index (Phi) is 5.49. The molecule has 2 atom stereocenters. The second kappa shape index (κ2) is 7.78. The van der Waals surface area contributed by atoms with E-state index in [1.807, 2.05) is 29.2 Å². The Balaban J connectivity index is 1.73. The number of amides is 1. The molecule has 1 N–H and O–H groups in total. The van der Waals surface area contributed by atoms with Gasteiger partial charge < -0.3 is 15.0 Å². The van der Waals surface area contributed by atoms with Crippen molar-refractivity contribution in [1.82, 2.24) is 10.2 Å². The molecule has 5 nitrogen and oxygen atoms in total. The summed E-state index contributed by atoms with van der Waals surface area (Å²) in [6.45, 7) is 3.10. The fourth-order valence-corrected chi connectivity index (χ4v) is 3.44. The molecule has 1 heterocycles. The number of nitrogens with zero attached hydrogens (tertiary/aromatic N) is 2. The van der Waals surface area contributed by atoms with Crippen molar-refractivity contribution in [2.24, 2.45) is 11.8 Å². The Hall–Kier alpha value is -1.90. The summed E-state index contributed by atoms with van der Waals surface area (Å²) in [6, 6.07) is 9.68. The van der Waals surface area contributed by atoms with E-state index in [4.69, 9.17) is 10.00 Å². The molecule has 0 aromatic heterocycles. The van der Waals surface area contributed by atoms with Crippen molar-refractivity contribution in [3.63, 3.8) is 0 Å². The molecule has 1 aliphatic heterocycles. The summed E-state index contributed by atoms with van der Waals surface area (Å²) >= 11 is 0. The van der Waals surface area contributed by atoms with Crippen LogP contribution in [0.1, 0.15) is 36.4 Å². The predicted octanol–water partition coefficient (Wildman–Crippen LogP) is 2.09. The zero-order chi connectivity index (χ0) is 16.9. The van der Waals surface area contributed by atoms with E-state index >= 15 is 0 Å². The lowest BCUT2D eigenvalue weighted by molar-refractivity contribution is -0.132. The van der Waals surface area contributed by atoms with Gasteiger partial charge in [-0.25, -0.2) is 0 Å². The van der Waals surface area contributed by atoms with E-state index in [2.05, 4.69) is 11.4 Å². The molecule has 1 amide bonds. The van der Waals surface area contributed by atoms with Crippen molar-refractivity contribution in [3.05, 3.63) is 35.4 Å². The predicted molar refractivity (Wildman–Crippen MR) is 91.2 cm³/mol. The van der Waals surface area contributed by atoms with Crippen molar-refractivity contribution in [1.29, 1.82) is 5.26 Å². The minimum absolute atomic E-state index is 0.0235. The van der Waals surface area contributed by atoms with Gasteiger partial charge in [0, 0.05) is 32.8 Å². The van der Waals surface area contributed by atoms with Gasteiger partial charge in [-0.05, 0) is 42.9 Å². The van der Waals surface area contributed by atoms with Crippen LogP contribution < -0.4 is 5.32 Å². The summed E-state index contributed by atoms with van der Waals surface area (Å²) < 4.78 is 5.14. The Morgan fingerprint density at radius 1 is 1.33 bits per heavy atom. The first-order valence-corrected chi connectivity index (χ1v) is 8.74. The zero-order valence-corrected chi connectivity index (χ0v) is 14.2. The van der Waals surface area contributed by atoms with Crippen molar-refractivity contribution in [3.8, 4) is 6.07 Å². The first kappa shape index (κ1) is 16.9. The van der Waals surface area contributed by atoms with Crippen LogP contribution in [0.3, 0.4) is 0 Å². The second-order valence-corrected chi connectivity index (χ2v) is 6.78. The standard InChI is InChI=1S/C19H25N3O2/c1-24-11-9-21-18(16-6-4-14(12-20)5-7-16)17-8-10-22(19(17)23)13-15-2-3-15/h4-7,15,17-18,21H,2-3,8-11,13H2,1H3/t17-,18+/m1/s1. The van der Waals surface area contributed by atoms with E-state index in [0.29, 0.717) is 18.7 Å². The number of methoxy groups -OCH3 is 1. The third kappa shape index (κ3) is 3.95. The summed E-state index contributed by atoms with van der Waals surface area (Å²) in [5.41, 5.74) is 1.71. The number of hydrogen-bond acceptors (Lipinski definition) is 4. The molecule has 0 unspecified atom stereocenters. The molecule has 1 saturated carbocycles. The number of likely N-dealkylation sites (tertiary alicyclic amines) is 1. The van der Waals surface area contributed by atoms with Crippen LogP contribution in [0, 0.1) is 23.2 Å². The molecule has 1 aromatic rings. The van der Waals surface area contributed by atoms with Crippen molar-refractivity contribution >= 4 is 5.91 Å². The second-order valence-electron chi connectivity index (χ2n) is 6.78. The fraction of sp³-hybridized carbons (Fsp3) is 0.579. The van der Waals surface area contributed by atoms with Gasteiger partial charge in [0.15, 0.2) is 0 Å². The van der Waals surface area contributed by atoms with Crippen LogP contribution in [0.5, 0.6) is 0 Å². The van der Waals surface area contributed by atoms with Gasteiger partial charge in [-0.15, -0.1) is 0 Å². The maximum atomic E-state index is 12.8. The lowest BCUT2D eigenvalue weighted by atomic mass is 9.91. The smallest absolute Gasteiger partial charge is 0.227 e. The summed E-state index contributed by atoms with van der Waals surface area (Å²) in [4.78, 5) is 14.9. The maximum Gasteiger partial charge on any atom is 0.227 e. The molecule has 1 aromatic carbocycles. The Morgan fingerprint density at radius 2 is 2.08 bits per heavy atom. The number of carbonyl (C=O) groups is 1. The highest BCUT2D eigenvalue weighted by atomic mass is 16.5. The summed E-state index contributed by atoms with van der Waals surface area (Å²) in [6.07, 6.45) is 3.41. The minimum atomic E-state index is -0.0338. The number of hydrogen-bond donors (Lipinski definition) is 1. The summed E-state index contributed by atoms with van der Waals surface area (Å²) in [7, 11) is 1.68. The third-order valence-corrected chi connectivity index (χ3v) is 4.99. The van der Waals surface area contributed by atoms with E-state index in [1.54, 1.807) is 7.11 Å². The van der Waals surface area contributed by atoms with Gasteiger partial charge in [-0.3, -0.25) is 4.79 Å². The van der Waals surface area contributed by atoms with E-state index in [1.165, 1.54) is 12.8 Å².